The van der Waals surface area contributed by atoms with Crippen LogP contribution in [-0.4, -0.2) is 17.6 Å². The Morgan fingerprint density at radius 1 is 1.30 bits per heavy atom. The van der Waals surface area contributed by atoms with Crippen molar-refractivity contribution in [1.29, 1.82) is 0 Å². The number of hydrogen-bond donors (Lipinski definition) is 1. The summed E-state index contributed by atoms with van der Waals surface area (Å²) in [6.45, 7) is 0.348. The Hall–Kier alpha value is -1.78. The average Bonchev–Trinajstić information content (AvgIpc) is 3.04. The van der Waals surface area contributed by atoms with Crippen molar-refractivity contribution < 1.29 is 9.53 Å². The lowest BCUT2D eigenvalue weighted by molar-refractivity contribution is 0.0514. The van der Waals surface area contributed by atoms with Gasteiger partial charge in [-0.05, 0) is 23.6 Å². The van der Waals surface area contributed by atoms with Gasteiger partial charge in [-0.15, -0.1) is 11.3 Å². The second-order valence-corrected chi connectivity index (χ2v) is 5.74. The van der Waals surface area contributed by atoms with E-state index in [0.29, 0.717) is 22.9 Å². The van der Waals surface area contributed by atoms with Gasteiger partial charge in [0.1, 0.15) is 4.88 Å². The molecule has 3 aromatic rings. The van der Waals surface area contributed by atoms with Gasteiger partial charge in [0.2, 0.25) is 0 Å². The predicted molar refractivity (Wildman–Crippen MR) is 81.6 cm³/mol. The molecule has 0 atom stereocenters. The maximum absolute atomic E-state index is 11.7. The molecule has 3 rings (SSSR count). The zero-order valence-electron chi connectivity index (χ0n) is 10.6. The number of fused-ring (bicyclic) bond motifs is 1. The number of esters is 1. The highest BCUT2D eigenvalue weighted by Crippen LogP contribution is 2.20. The second-order valence-electron chi connectivity index (χ2n) is 4.40. The molecule has 102 valence electrons. The molecule has 0 spiro atoms. The Morgan fingerprint density at radius 2 is 2.15 bits per heavy atom. The molecule has 0 bridgehead atoms. The van der Waals surface area contributed by atoms with Gasteiger partial charge >= 0.3 is 5.97 Å². The van der Waals surface area contributed by atoms with Gasteiger partial charge in [-0.3, -0.25) is 0 Å². The first kappa shape index (κ1) is 13.2. The van der Waals surface area contributed by atoms with Crippen LogP contribution in [0, 0.1) is 0 Å². The topological polar surface area (TPSA) is 42.1 Å². The highest BCUT2D eigenvalue weighted by Gasteiger charge is 2.10. The maximum atomic E-state index is 11.7. The zero-order valence-corrected chi connectivity index (χ0v) is 12.1. The van der Waals surface area contributed by atoms with Gasteiger partial charge in [0.25, 0.3) is 0 Å². The monoisotopic (exact) mass is 305 g/mol. The van der Waals surface area contributed by atoms with Crippen LogP contribution in [0.5, 0.6) is 0 Å². The van der Waals surface area contributed by atoms with Crippen molar-refractivity contribution in [3.05, 3.63) is 57.4 Å². The molecule has 2 heterocycles. The molecule has 1 aromatic carbocycles. The number of hydrogen-bond acceptors (Lipinski definition) is 3. The van der Waals surface area contributed by atoms with Crippen molar-refractivity contribution in [2.75, 3.05) is 6.61 Å². The minimum atomic E-state index is -0.321. The number of thiophene rings is 1. The summed E-state index contributed by atoms with van der Waals surface area (Å²) >= 11 is 7.07. The molecular formula is C15H12ClNO2S. The number of nitrogens with one attached hydrogen (secondary N) is 1. The van der Waals surface area contributed by atoms with E-state index >= 15 is 0 Å². The molecular weight excluding hydrogens is 294 g/mol. The van der Waals surface area contributed by atoms with Gasteiger partial charge in [-0.25, -0.2) is 4.79 Å². The summed E-state index contributed by atoms with van der Waals surface area (Å²) < 4.78 is 5.23. The number of carbonyl (C=O) groups excluding carboxylic acids is 1. The van der Waals surface area contributed by atoms with E-state index in [1.165, 1.54) is 16.7 Å². The fourth-order valence-corrected chi connectivity index (χ4v) is 2.98. The fraction of sp³-hybridized carbons (Fsp3) is 0.133. The number of ether oxygens (including phenoxy) is 1. The third kappa shape index (κ3) is 2.86. The third-order valence-electron chi connectivity index (χ3n) is 2.96. The number of H-pyrrole nitrogens is 1. The average molecular weight is 306 g/mol. The normalized spacial score (nSPS) is 10.8. The van der Waals surface area contributed by atoms with E-state index < -0.39 is 0 Å². The fourth-order valence-electron chi connectivity index (χ4n) is 2.01. The Balaban J connectivity index is 1.58. The molecule has 0 aliphatic rings. The van der Waals surface area contributed by atoms with Crippen LogP contribution in [-0.2, 0) is 11.2 Å². The molecule has 0 saturated carbocycles. The van der Waals surface area contributed by atoms with Gasteiger partial charge in [0, 0.05) is 23.0 Å². The first-order valence-corrected chi connectivity index (χ1v) is 7.46. The number of rotatable bonds is 4. The van der Waals surface area contributed by atoms with Crippen molar-refractivity contribution in [1.82, 2.24) is 4.98 Å². The first-order chi connectivity index (χ1) is 9.72. The molecule has 0 fully saturated rings. The maximum Gasteiger partial charge on any atom is 0.348 e. The smallest absolute Gasteiger partial charge is 0.348 e. The summed E-state index contributed by atoms with van der Waals surface area (Å²) in [5.74, 6) is -0.321. The van der Waals surface area contributed by atoms with Gasteiger partial charge < -0.3 is 9.72 Å². The molecule has 0 unspecified atom stereocenters. The Labute approximate surface area is 125 Å². The molecule has 0 saturated heterocycles. The second kappa shape index (κ2) is 5.69. The molecule has 0 radical (unpaired) electrons. The number of para-hydroxylation sites is 1. The number of benzene rings is 1. The van der Waals surface area contributed by atoms with Crippen LogP contribution in [0.2, 0.25) is 5.02 Å². The number of carbonyl (C=O) groups is 1. The molecule has 0 amide bonds. The van der Waals surface area contributed by atoms with Crippen molar-refractivity contribution >= 4 is 39.8 Å². The summed E-state index contributed by atoms with van der Waals surface area (Å²) in [7, 11) is 0. The van der Waals surface area contributed by atoms with Crippen LogP contribution >= 0.6 is 22.9 Å². The van der Waals surface area contributed by atoms with Crippen LogP contribution in [0.1, 0.15) is 15.4 Å². The molecule has 2 aromatic heterocycles. The largest absolute Gasteiger partial charge is 0.461 e. The summed E-state index contributed by atoms with van der Waals surface area (Å²) in [6, 6.07) is 11.8. The molecule has 3 nitrogen and oxygen atoms in total. The summed E-state index contributed by atoms with van der Waals surface area (Å²) in [6.07, 6.45) is 0.666. The number of aromatic nitrogens is 1. The van der Waals surface area contributed by atoms with Crippen molar-refractivity contribution in [2.45, 2.75) is 6.42 Å². The van der Waals surface area contributed by atoms with E-state index in [9.17, 15) is 4.79 Å². The van der Waals surface area contributed by atoms with Gasteiger partial charge in [0.05, 0.1) is 11.6 Å². The number of aromatic amines is 1. The highest BCUT2D eigenvalue weighted by atomic mass is 35.5. The van der Waals surface area contributed by atoms with Crippen LogP contribution < -0.4 is 0 Å². The zero-order chi connectivity index (χ0) is 13.9. The van der Waals surface area contributed by atoms with Gasteiger partial charge in [-0.1, -0.05) is 29.8 Å². The minimum absolute atomic E-state index is 0.321. The van der Waals surface area contributed by atoms with Crippen LogP contribution in [0.4, 0.5) is 0 Å². The predicted octanol–water partition coefficient (Wildman–Crippen LogP) is 4.28. The van der Waals surface area contributed by atoms with Crippen molar-refractivity contribution in [3.8, 4) is 0 Å². The Bertz CT molecular complexity index is 714. The van der Waals surface area contributed by atoms with Crippen molar-refractivity contribution in [2.24, 2.45) is 0 Å². The lowest BCUT2D eigenvalue weighted by Gasteiger charge is -2.01. The van der Waals surface area contributed by atoms with E-state index in [2.05, 4.69) is 17.1 Å². The van der Waals surface area contributed by atoms with Gasteiger partial charge in [-0.2, -0.15) is 0 Å². The van der Waals surface area contributed by atoms with E-state index in [1.54, 1.807) is 11.4 Å². The standard InChI is InChI=1S/C15H12ClNO2S/c16-11-8-14(20-9-11)15(18)19-6-5-12-7-10-3-1-2-4-13(10)17-12/h1-4,7-9,17H,5-6H2. The third-order valence-corrected chi connectivity index (χ3v) is 4.22. The molecule has 20 heavy (non-hydrogen) atoms. The van der Waals surface area contributed by atoms with E-state index in [1.807, 2.05) is 18.2 Å². The lowest BCUT2D eigenvalue weighted by Crippen LogP contribution is -2.06. The molecule has 5 heteroatoms. The summed E-state index contributed by atoms with van der Waals surface area (Å²) in [5.41, 5.74) is 2.15. The first-order valence-electron chi connectivity index (χ1n) is 6.20. The van der Waals surface area contributed by atoms with Crippen LogP contribution in [0.3, 0.4) is 0 Å². The van der Waals surface area contributed by atoms with E-state index in [0.717, 1.165) is 11.2 Å². The SMILES string of the molecule is O=C(OCCc1cc2ccccc2[nH]1)c1cc(Cl)cs1. The highest BCUT2D eigenvalue weighted by molar-refractivity contribution is 7.12. The lowest BCUT2D eigenvalue weighted by atomic mass is 10.2. The van der Waals surface area contributed by atoms with E-state index in [4.69, 9.17) is 16.3 Å². The summed E-state index contributed by atoms with van der Waals surface area (Å²) in [4.78, 5) is 15.6. The van der Waals surface area contributed by atoms with Gasteiger partial charge in [0.15, 0.2) is 0 Å². The number of halogens is 1. The minimum Gasteiger partial charge on any atom is -0.461 e. The van der Waals surface area contributed by atoms with Crippen molar-refractivity contribution in [3.63, 3.8) is 0 Å². The Kier molecular flexibility index (Phi) is 3.76. The van der Waals surface area contributed by atoms with Crippen LogP contribution in [0.25, 0.3) is 10.9 Å². The molecule has 0 aliphatic carbocycles. The Morgan fingerprint density at radius 3 is 2.90 bits per heavy atom. The van der Waals surface area contributed by atoms with Crippen LogP contribution in [0.15, 0.2) is 41.8 Å². The molecule has 0 aliphatic heterocycles. The summed E-state index contributed by atoms with van der Waals surface area (Å²) in [5, 5.41) is 3.45. The van der Waals surface area contributed by atoms with E-state index in [-0.39, 0.29) is 5.97 Å². The quantitative estimate of drug-likeness (QED) is 0.731. The molecule has 1 N–H and O–H groups in total.